The summed E-state index contributed by atoms with van der Waals surface area (Å²) in [6, 6.07) is 7.46. The summed E-state index contributed by atoms with van der Waals surface area (Å²) < 4.78 is 1.73. The van der Waals surface area contributed by atoms with Gasteiger partial charge < -0.3 is 16.4 Å². The van der Waals surface area contributed by atoms with Crippen LogP contribution in [0.4, 0.5) is 17.5 Å². The predicted octanol–water partition coefficient (Wildman–Crippen LogP) is 2.66. The Morgan fingerprint density at radius 3 is 2.71 bits per heavy atom. The third-order valence-corrected chi connectivity index (χ3v) is 4.44. The summed E-state index contributed by atoms with van der Waals surface area (Å²) in [5, 5.41) is 12.4. The number of nitrogens with one attached hydrogen (secondary N) is 2. The van der Waals surface area contributed by atoms with Gasteiger partial charge in [-0.15, -0.1) is 0 Å². The minimum absolute atomic E-state index is 0.117. The van der Waals surface area contributed by atoms with Crippen molar-refractivity contribution in [3.63, 3.8) is 0 Å². The molecule has 2 aromatic heterocycles. The van der Waals surface area contributed by atoms with Gasteiger partial charge in [0, 0.05) is 29.8 Å². The van der Waals surface area contributed by atoms with Crippen LogP contribution >= 0.6 is 11.6 Å². The average Bonchev–Trinajstić information content (AvgIpc) is 3.20. The molecule has 1 fully saturated rings. The van der Waals surface area contributed by atoms with Gasteiger partial charge >= 0.3 is 0 Å². The number of rotatable bonds is 5. The van der Waals surface area contributed by atoms with Crippen molar-refractivity contribution in [2.75, 3.05) is 17.2 Å². The molecule has 0 aliphatic heterocycles. The van der Waals surface area contributed by atoms with Crippen molar-refractivity contribution < 1.29 is 0 Å². The van der Waals surface area contributed by atoms with Gasteiger partial charge in [-0.05, 0) is 37.1 Å². The van der Waals surface area contributed by atoms with Crippen molar-refractivity contribution in [3.8, 4) is 0 Å². The van der Waals surface area contributed by atoms with Gasteiger partial charge in [-0.2, -0.15) is 15.1 Å². The summed E-state index contributed by atoms with van der Waals surface area (Å²) >= 11 is 5.94. The maximum absolute atomic E-state index is 6.13. The molecule has 7 nitrogen and oxygen atoms in total. The Morgan fingerprint density at radius 1 is 1.25 bits per heavy atom. The van der Waals surface area contributed by atoms with Gasteiger partial charge in [-0.1, -0.05) is 11.6 Å². The number of nitrogens with two attached hydrogens (primary N) is 1. The highest BCUT2D eigenvalue weighted by Crippen LogP contribution is 2.32. The fraction of sp³-hybridized carbons (Fsp3) is 0.312. The molecule has 0 atom stereocenters. The monoisotopic (exact) mass is 343 g/mol. The summed E-state index contributed by atoms with van der Waals surface area (Å²) in [5.41, 5.74) is 7.66. The molecule has 0 unspecified atom stereocenters. The minimum atomic E-state index is -0.117. The Hall–Kier alpha value is -2.38. The fourth-order valence-electron chi connectivity index (χ4n) is 2.46. The number of fused-ring (bicyclic) bond motifs is 1. The second kappa shape index (κ2) is 5.61. The first kappa shape index (κ1) is 15.2. The maximum atomic E-state index is 6.13. The van der Waals surface area contributed by atoms with E-state index in [-0.39, 0.29) is 5.54 Å². The quantitative estimate of drug-likeness (QED) is 0.659. The molecule has 0 saturated heterocycles. The molecule has 4 rings (SSSR count). The highest BCUT2D eigenvalue weighted by Gasteiger charge is 2.38. The van der Waals surface area contributed by atoms with Crippen LogP contribution in [0.3, 0.4) is 0 Å². The standard InChI is InChI=1S/C16H18ClN7/c1-24-14-12(8-20-24)13(21-11-4-2-10(17)3-5-11)22-15(23-14)19-9-16(18)6-7-16/h2-5,8H,6-7,9,18H2,1H3,(H2,19,21,22,23). The van der Waals surface area contributed by atoms with Gasteiger partial charge in [0.05, 0.1) is 11.6 Å². The van der Waals surface area contributed by atoms with E-state index in [0.29, 0.717) is 23.3 Å². The highest BCUT2D eigenvalue weighted by molar-refractivity contribution is 6.30. The Kier molecular flexibility index (Phi) is 3.54. The van der Waals surface area contributed by atoms with Crippen molar-refractivity contribution in [3.05, 3.63) is 35.5 Å². The van der Waals surface area contributed by atoms with Crippen LogP contribution < -0.4 is 16.4 Å². The van der Waals surface area contributed by atoms with Crippen molar-refractivity contribution >= 4 is 40.1 Å². The molecular weight excluding hydrogens is 326 g/mol. The van der Waals surface area contributed by atoms with Crippen molar-refractivity contribution in [2.24, 2.45) is 12.8 Å². The van der Waals surface area contributed by atoms with E-state index in [4.69, 9.17) is 17.3 Å². The zero-order chi connectivity index (χ0) is 16.7. The van der Waals surface area contributed by atoms with Gasteiger partial charge in [0.25, 0.3) is 0 Å². The van der Waals surface area contributed by atoms with E-state index in [1.165, 1.54) is 0 Å². The SMILES string of the molecule is Cn1ncc2c(Nc3ccc(Cl)cc3)nc(NCC3(N)CC3)nc21. The van der Waals surface area contributed by atoms with Crippen LogP contribution in [0.1, 0.15) is 12.8 Å². The van der Waals surface area contributed by atoms with Crippen LogP contribution in [0.25, 0.3) is 11.0 Å². The lowest BCUT2D eigenvalue weighted by Gasteiger charge is -2.12. The number of hydrogen-bond donors (Lipinski definition) is 3. The van der Waals surface area contributed by atoms with Gasteiger partial charge in [0.2, 0.25) is 5.95 Å². The highest BCUT2D eigenvalue weighted by atomic mass is 35.5. The lowest BCUT2D eigenvalue weighted by Crippen LogP contribution is -2.31. The summed E-state index contributed by atoms with van der Waals surface area (Å²) in [4.78, 5) is 9.13. The third-order valence-electron chi connectivity index (χ3n) is 4.19. The lowest BCUT2D eigenvalue weighted by atomic mass is 10.3. The number of aromatic nitrogens is 4. The van der Waals surface area contributed by atoms with E-state index in [0.717, 1.165) is 29.6 Å². The first-order valence-corrected chi connectivity index (χ1v) is 8.15. The number of benzene rings is 1. The molecule has 0 spiro atoms. The second-order valence-electron chi connectivity index (χ2n) is 6.25. The average molecular weight is 344 g/mol. The van der Waals surface area contributed by atoms with Gasteiger partial charge in [-0.25, -0.2) is 0 Å². The predicted molar refractivity (Wildman–Crippen MR) is 95.7 cm³/mol. The van der Waals surface area contributed by atoms with E-state index in [1.807, 2.05) is 31.3 Å². The second-order valence-corrected chi connectivity index (χ2v) is 6.69. The van der Waals surface area contributed by atoms with Crippen molar-refractivity contribution in [1.29, 1.82) is 0 Å². The van der Waals surface area contributed by atoms with Gasteiger partial charge in [0.15, 0.2) is 5.65 Å². The number of halogens is 1. The first-order valence-electron chi connectivity index (χ1n) is 7.78. The Labute approximate surface area is 144 Å². The van der Waals surface area contributed by atoms with E-state index in [1.54, 1.807) is 10.9 Å². The van der Waals surface area contributed by atoms with E-state index in [9.17, 15) is 0 Å². The largest absolute Gasteiger partial charge is 0.352 e. The topological polar surface area (TPSA) is 93.7 Å². The fourth-order valence-corrected chi connectivity index (χ4v) is 2.58. The molecule has 24 heavy (non-hydrogen) atoms. The molecule has 3 aromatic rings. The summed E-state index contributed by atoms with van der Waals surface area (Å²) in [6.45, 7) is 0.663. The van der Waals surface area contributed by atoms with E-state index < -0.39 is 0 Å². The minimum Gasteiger partial charge on any atom is -0.352 e. The molecule has 0 bridgehead atoms. The van der Waals surface area contributed by atoms with Crippen LogP contribution in [0.2, 0.25) is 5.02 Å². The molecule has 0 amide bonds. The Bertz CT molecular complexity index is 883. The molecule has 1 aliphatic carbocycles. The van der Waals surface area contributed by atoms with Gasteiger partial charge in [-0.3, -0.25) is 4.68 Å². The van der Waals surface area contributed by atoms with Crippen LogP contribution in [0.15, 0.2) is 30.5 Å². The van der Waals surface area contributed by atoms with E-state index in [2.05, 4.69) is 25.7 Å². The number of aryl methyl sites for hydroxylation is 1. The van der Waals surface area contributed by atoms with Crippen LogP contribution in [-0.2, 0) is 7.05 Å². The molecular formula is C16H18ClN7. The van der Waals surface area contributed by atoms with Crippen LogP contribution in [0.5, 0.6) is 0 Å². The lowest BCUT2D eigenvalue weighted by molar-refractivity contribution is 0.708. The van der Waals surface area contributed by atoms with Gasteiger partial charge in [0.1, 0.15) is 5.82 Å². The number of anilines is 3. The molecule has 2 heterocycles. The van der Waals surface area contributed by atoms with Crippen molar-refractivity contribution in [1.82, 2.24) is 19.7 Å². The maximum Gasteiger partial charge on any atom is 0.226 e. The molecule has 4 N–H and O–H groups in total. The third kappa shape index (κ3) is 3.00. The molecule has 124 valence electrons. The normalized spacial score (nSPS) is 15.5. The number of hydrogen-bond acceptors (Lipinski definition) is 6. The van der Waals surface area contributed by atoms with Crippen LogP contribution in [-0.4, -0.2) is 31.8 Å². The zero-order valence-electron chi connectivity index (χ0n) is 13.3. The Balaban J connectivity index is 1.67. The molecule has 0 radical (unpaired) electrons. The first-order chi connectivity index (χ1) is 11.5. The molecule has 8 heteroatoms. The summed E-state index contributed by atoms with van der Waals surface area (Å²) in [6.07, 6.45) is 3.82. The van der Waals surface area contributed by atoms with Crippen LogP contribution in [0, 0.1) is 0 Å². The smallest absolute Gasteiger partial charge is 0.226 e. The summed E-state index contributed by atoms with van der Waals surface area (Å²) in [7, 11) is 1.86. The molecule has 1 aromatic carbocycles. The molecule has 1 aliphatic rings. The van der Waals surface area contributed by atoms with Crippen molar-refractivity contribution in [2.45, 2.75) is 18.4 Å². The Morgan fingerprint density at radius 2 is 2.00 bits per heavy atom. The summed E-state index contributed by atoms with van der Waals surface area (Å²) in [5.74, 6) is 1.24. The molecule has 1 saturated carbocycles. The number of nitrogens with zero attached hydrogens (tertiary/aromatic N) is 4. The van der Waals surface area contributed by atoms with E-state index >= 15 is 0 Å². The zero-order valence-corrected chi connectivity index (χ0v) is 14.0.